The first-order chi connectivity index (χ1) is 12.7. The monoisotopic (exact) mass is 364 g/mol. The molecule has 0 amide bonds. The van der Waals surface area contributed by atoms with Crippen LogP contribution in [-0.2, 0) is 14.3 Å². The summed E-state index contributed by atoms with van der Waals surface area (Å²) in [7, 11) is 0. The van der Waals surface area contributed by atoms with Gasteiger partial charge in [-0.05, 0) is 39.8 Å². The van der Waals surface area contributed by atoms with Crippen LogP contribution in [0.2, 0.25) is 0 Å². The molecule has 3 rings (SSSR count). The zero-order valence-corrected chi connectivity index (χ0v) is 16.0. The van der Waals surface area contributed by atoms with E-state index in [1.165, 1.54) is 0 Å². The van der Waals surface area contributed by atoms with E-state index in [9.17, 15) is 9.59 Å². The standard InChI is InChI=1S/C22H24N2O3/c1-21(2)18(27-20(26)22(3,4)19(21)25)17(15-11-7-5-8-12-15)24-23-16-13-9-6-10-14-16/h5-14,18,23H,1-4H3/b24-17-/t18-/m1/s1. The molecule has 0 aliphatic carbocycles. The first kappa shape index (κ1) is 18.8. The number of ketones is 1. The molecule has 0 saturated carbocycles. The van der Waals surface area contributed by atoms with Gasteiger partial charge in [0.1, 0.15) is 11.1 Å². The van der Waals surface area contributed by atoms with Gasteiger partial charge in [0, 0.05) is 5.56 Å². The Bertz CT molecular complexity index is 871. The summed E-state index contributed by atoms with van der Waals surface area (Å²) in [6.07, 6.45) is -0.788. The Labute approximate surface area is 159 Å². The number of nitrogens with one attached hydrogen (secondary N) is 1. The molecule has 140 valence electrons. The second-order valence-electron chi connectivity index (χ2n) is 7.80. The average Bonchev–Trinajstić information content (AvgIpc) is 2.67. The largest absolute Gasteiger partial charge is 0.454 e. The van der Waals surface area contributed by atoms with Crippen LogP contribution in [0.5, 0.6) is 0 Å². The fraction of sp³-hybridized carbons (Fsp3) is 0.318. The first-order valence-corrected chi connectivity index (χ1v) is 8.94. The summed E-state index contributed by atoms with van der Waals surface area (Å²) in [5.41, 5.74) is 3.04. The molecular weight excluding hydrogens is 340 g/mol. The van der Waals surface area contributed by atoms with E-state index < -0.39 is 22.9 Å². The Morgan fingerprint density at radius 3 is 2.07 bits per heavy atom. The van der Waals surface area contributed by atoms with Crippen molar-refractivity contribution in [1.82, 2.24) is 0 Å². The van der Waals surface area contributed by atoms with Crippen molar-refractivity contribution in [2.75, 3.05) is 5.43 Å². The van der Waals surface area contributed by atoms with Gasteiger partial charge in [0.05, 0.1) is 11.1 Å². The molecule has 1 heterocycles. The Morgan fingerprint density at radius 2 is 1.48 bits per heavy atom. The molecule has 0 radical (unpaired) electrons. The van der Waals surface area contributed by atoms with Gasteiger partial charge in [-0.1, -0.05) is 48.5 Å². The predicted molar refractivity (Wildman–Crippen MR) is 105 cm³/mol. The minimum Gasteiger partial charge on any atom is -0.454 e. The summed E-state index contributed by atoms with van der Waals surface area (Å²) in [5, 5.41) is 4.54. The third-order valence-electron chi connectivity index (χ3n) is 4.94. The van der Waals surface area contributed by atoms with Crippen LogP contribution in [0.25, 0.3) is 0 Å². The number of ether oxygens (including phenoxy) is 1. The topological polar surface area (TPSA) is 67.8 Å². The number of anilines is 1. The summed E-state index contributed by atoms with van der Waals surface area (Å²) in [6, 6.07) is 18.9. The summed E-state index contributed by atoms with van der Waals surface area (Å²) in [5.74, 6) is -0.681. The molecule has 0 bridgehead atoms. The Balaban J connectivity index is 2.05. The number of carbonyl (C=O) groups is 2. The highest BCUT2D eigenvalue weighted by Crippen LogP contribution is 2.41. The maximum atomic E-state index is 13.0. The zero-order chi connectivity index (χ0) is 19.7. The number of hydrogen-bond donors (Lipinski definition) is 1. The molecule has 2 aromatic rings. The van der Waals surface area contributed by atoms with Gasteiger partial charge in [0.15, 0.2) is 11.9 Å². The van der Waals surface area contributed by atoms with E-state index in [-0.39, 0.29) is 5.78 Å². The number of carbonyl (C=O) groups excluding carboxylic acids is 2. The number of rotatable bonds is 4. The quantitative estimate of drug-likeness (QED) is 0.385. The van der Waals surface area contributed by atoms with Gasteiger partial charge in [-0.15, -0.1) is 0 Å². The third-order valence-corrected chi connectivity index (χ3v) is 4.94. The maximum Gasteiger partial charge on any atom is 0.319 e. The summed E-state index contributed by atoms with van der Waals surface area (Å²) >= 11 is 0. The van der Waals surface area contributed by atoms with Crippen molar-refractivity contribution in [1.29, 1.82) is 0 Å². The van der Waals surface area contributed by atoms with Crippen molar-refractivity contribution in [3.8, 4) is 0 Å². The van der Waals surface area contributed by atoms with Crippen molar-refractivity contribution < 1.29 is 14.3 Å². The number of benzene rings is 2. The van der Waals surface area contributed by atoms with Crippen LogP contribution in [0.1, 0.15) is 33.3 Å². The summed E-state index contributed by atoms with van der Waals surface area (Å²) < 4.78 is 5.76. The molecule has 5 nitrogen and oxygen atoms in total. The van der Waals surface area contributed by atoms with E-state index in [0.29, 0.717) is 5.71 Å². The average molecular weight is 364 g/mol. The Kier molecular flexibility index (Phi) is 4.87. The molecule has 0 spiro atoms. The minimum atomic E-state index is -1.17. The number of nitrogens with zero attached hydrogens (tertiary/aromatic N) is 1. The fourth-order valence-corrected chi connectivity index (χ4v) is 3.34. The lowest BCUT2D eigenvalue weighted by molar-refractivity contribution is -0.179. The highest BCUT2D eigenvalue weighted by atomic mass is 16.5. The van der Waals surface area contributed by atoms with Crippen LogP contribution >= 0.6 is 0 Å². The van der Waals surface area contributed by atoms with Gasteiger partial charge in [0.25, 0.3) is 0 Å². The van der Waals surface area contributed by atoms with Gasteiger partial charge >= 0.3 is 5.97 Å². The van der Waals surface area contributed by atoms with Gasteiger partial charge in [-0.25, -0.2) is 0 Å². The molecule has 5 heteroatoms. The van der Waals surface area contributed by atoms with Crippen molar-refractivity contribution in [3.63, 3.8) is 0 Å². The van der Waals surface area contributed by atoms with Crippen molar-refractivity contribution in [2.24, 2.45) is 15.9 Å². The van der Waals surface area contributed by atoms with Crippen molar-refractivity contribution in [3.05, 3.63) is 66.2 Å². The number of esters is 1. The molecule has 1 aliphatic rings. The third kappa shape index (κ3) is 3.50. The van der Waals surface area contributed by atoms with E-state index in [0.717, 1.165) is 11.3 Å². The van der Waals surface area contributed by atoms with E-state index in [2.05, 4.69) is 10.5 Å². The van der Waals surface area contributed by atoms with Crippen LogP contribution in [0.3, 0.4) is 0 Å². The van der Waals surface area contributed by atoms with Crippen molar-refractivity contribution >= 4 is 23.2 Å². The molecule has 27 heavy (non-hydrogen) atoms. The van der Waals surface area contributed by atoms with Crippen LogP contribution in [0, 0.1) is 10.8 Å². The second-order valence-corrected chi connectivity index (χ2v) is 7.80. The van der Waals surface area contributed by atoms with E-state index in [4.69, 9.17) is 4.74 Å². The van der Waals surface area contributed by atoms with Gasteiger partial charge in [-0.2, -0.15) is 5.10 Å². The highest BCUT2D eigenvalue weighted by molar-refractivity contribution is 6.15. The highest BCUT2D eigenvalue weighted by Gasteiger charge is 2.56. The van der Waals surface area contributed by atoms with E-state index in [1.807, 2.05) is 60.7 Å². The van der Waals surface area contributed by atoms with Gasteiger partial charge < -0.3 is 4.74 Å². The normalized spacial score (nSPS) is 21.5. The Hall–Kier alpha value is -2.95. The summed E-state index contributed by atoms with van der Waals surface area (Å²) in [4.78, 5) is 25.5. The SMILES string of the molecule is CC1(C)C(=O)O[C@H](/C(=N\Nc2ccccc2)c2ccccc2)C(C)(C)C1=O. The van der Waals surface area contributed by atoms with Crippen LogP contribution < -0.4 is 5.43 Å². The molecule has 1 aliphatic heterocycles. The Morgan fingerprint density at radius 1 is 0.926 bits per heavy atom. The lowest BCUT2D eigenvalue weighted by atomic mass is 9.67. The molecule has 2 aromatic carbocycles. The fourth-order valence-electron chi connectivity index (χ4n) is 3.34. The lowest BCUT2D eigenvalue weighted by Crippen LogP contribution is -2.58. The maximum absolute atomic E-state index is 13.0. The second kappa shape index (κ2) is 6.99. The molecular formula is C22H24N2O3. The lowest BCUT2D eigenvalue weighted by Gasteiger charge is -2.43. The molecule has 0 unspecified atom stereocenters. The van der Waals surface area contributed by atoms with Gasteiger partial charge in [-0.3, -0.25) is 15.0 Å². The first-order valence-electron chi connectivity index (χ1n) is 8.94. The molecule has 0 aromatic heterocycles. The molecule has 1 N–H and O–H groups in total. The van der Waals surface area contributed by atoms with Crippen LogP contribution in [0.4, 0.5) is 5.69 Å². The number of cyclic esters (lactones) is 1. The van der Waals surface area contributed by atoms with Crippen LogP contribution in [-0.4, -0.2) is 23.6 Å². The van der Waals surface area contributed by atoms with E-state index >= 15 is 0 Å². The zero-order valence-electron chi connectivity index (χ0n) is 16.0. The molecule has 1 fully saturated rings. The number of hydrazone groups is 1. The van der Waals surface area contributed by atoms with Crippen molar-refractivity contribution in [2.45, 2.75) is 33.8 Å². The number of para-hydroxylation sites is 1. The molecule has 1 saturated heterocycles. The number of hydrogen-bond acceptors (Lipinski definition) is 5. The van der Waals surface area contributed by atoms with Crippen LogP contribution in [0.15, 0.2) is 65.8 Å². The molecule has 1 atom stereocenters. The predicted octanol–water partition coefficient (Wildman–Crippen LogP) is 4.05. The van der Waals surface area contributed by atoms with E-state index in [1.54, 1.807) is 27.7 Å². The minimum absolute atomic E-state index is 0.153. The number of Topliss-reactive ketones (excluding diaryl/α,β-unsaturated/α-hetero) is 1. The smallest absolute Gasteiger partial charge is 0.319 e. The van der Waals surface area contributed by atoms with Gasteiger partial charge in [0.2, 0.25) is 0 Å². The summed E-state index contributed by atoms with van der Waals surface area (Å²) in [6.45, 7) is 6.82.